The summed E-state index contributed by atoms with van der Waals surface area (Å²) in [6.07, 6.45) is 5.46. The fourth-order valence-corrected chi connectivity index (χ4v) is 3.08. The molecule has 1 heterocycles. The van der Waals surface area contributed by atoms with Crippen LogP contribution < -0.4 is 5.32 Å². The Morgan fingerprint density at radius 3 is 2.48 bits per heavy atom. The second-order valence-corrected chi connectivity index (χ2v) is 6.65. The summed E-state index contributed by atoms with van der Waals surface area (Å²) in [6, 6.07) is 10.1. The first-order chi connectivity index (χ1) is 11.1. The highest BCUT2D eigenvalue weighted by Gasteiger charge is 2.18. The van der Waals surface area contributed by atoms with Crippen LogP contribution >= 0.6 is 0 Å². The standard InChI is InChI=1S/C19H30N2O2/c1-16(13-19(23)21-11-7-2-3-8-12-21)20-15-18(22)14-17-9-5-4-6-10-17/h4-6,9-10,16,18,20,22H,2-3,7-8,11-15H2,1H3. The maximum Gasteiger partial charge on any atom is 0.224 e. The Bertz CT molecular complexity index is 456. The van der Waals surface area contributed by atoms with Gasteiger partial charge in [-0.2, -0.15) is 0 Å². The average molecular weight is 318 g/mol. The minimum Gasteiger partial charge on any atom is -0.391 e. The number of benzene rings is 1. The van der Waals surface area contributed by atoms with E-state index in [0.717, 1.165) is 31.5 Å². The number of aliphatic hydroxyl groups excluding tert-OH is 1. The van der Waals surface area contributed by atoms with Crippen LogP contribution in [-0.2, 0) is 11.2 Å². The fraction of sp³-hybridized carbons (Fsp3) is 0.632. The maximum atomic E-state index is 12.3. The van der Waals surface area contributed by atoms with E-state index >= 15 is 0 Å². The molecule has 0 saturated carbocycles. The molecule has 23 heavy (non-hydrogen) atoms. The van der Waals surface area contributed by atoms with E-state index in [1.165, 1.54) is 12.8 Å². The zero-order valence-electron chi connectivity index (χ0n) is 14.2. The van der Waals surface area contributed by atoms with Crippen molar-refractivity contribution >= 4 is 5.91 Å². The summed E-state index contributed by atoms with van der Waals surface area (Å²) in [5, 5.41) is 13.4. The minimum atomic E-state index is -0.423. The van der Waals surface area contributed by atoms with Crippen molar-refractivity contribution in [2.75, 3.05) is 19.6 Å². The van der Waals surface area contributed by atoms with E-state index in [1.54, 1.807) is 0 Å². The van der Waals surface area contributed by atoms with E-state index in [4.69, 9.17) is 0 Å². The van der Waals surface area contributed by atoms with Gasteiger partial charge in [-0.05, 0) is 31.7 Å². The van der Waals surface area contributed by atoms with Gasteiger partial charge in [0.2, 0.25) is 5.91 Å². The SMILES string of the molecule is CC(CC(=O)N1CCCCCC1)NCC(O)Cc1ccccc1. The molecule has 0 aliphatic carbocycles. The summed E-state index contributed by atoms with van der Waals surface area (Å²) < 4.78 is 0. The summed E-state index contributed by atoms with van der Waals surface area (Å²) >= 11 is 0. The molecule has 4 nitrogen and oxygen atoms in total. The number of aliphatic hydroxyl groups is 1. The Morgan fingerprint density at radius 2 is 1.83 bits per heavy atom. The smallest absolute Gasteiger partial charge is 0.224 e. The van der Waals surface area contributed by atoms with Crippen LogP contribution in [0.1, 0.15) is 44.6 Å². The number of nitrogens with zero attached hydrogens (tertiary/aromatic N) is 1. The van der Waals surface area contributed by atoms with Gasteiger partial charge in [-0.3, -0.25) is 4.79 Å². The Labute approximate surface area is 139 Å². The van der Waals surface area contributed by atoms with Gasteiger partial charge in [0.15, 0.2) is 0 Å². The van der Waals surface area contributed by atoms with Crippen LogP contribution in [-0.4, -0.2) is 47.7 Å². The number of rotatable bonds is 7. The van der Waals surface area contributed by atoms with Crippen molar-refractivity contribution in [3.05, 3.63) is 35.9 Å². The number of amides is 1. The lowest BCUT2D eigenvalue weighted by molar-refractivity contribution is -0.131. The molecule has 4 heteroatoms. The molecular formula is C19H30N2O2. The third-order valence-corrected chi connectivity index (χ3v) is 4.46. The van der Waals surface area contributed by atoms with E-state index < -0.39 is 6.10 Å². The Morgan fingerprint density at radius 1 is 1.17 bits per heavy atom. The van der Waals surface area contributed by atoms with Crippen LogP contribution in [0.25, 0.3) is 0 Å². The fourth-order valence-electron chi connectivity index (χ4n) is 3.08. The van der Waals surface area contributed by atoms with Crippen LogP contribution in [0.2, 0.25) is 0 Å². The van der Waals surface area contributed by atoms with Gasteiger partial charge >= 0.3 is 0 Å². The highest BCUT2D eigenvalue weighted by Crippen LogP contribution is 2.11. The van der Waals surface area contributed by atoms with Crippen molar-refractivity contribution in [1.29, 1.82) is 0 Å². The van der Waals surface area contributed by atoms with Crippen LogP contribution in [0.15, 0.2) is 30.3 Å². The monoisotopic (exact) mass is 318 g/mol. The van der Waals surface area contributed by atoms with Gasteiger partial charge in [0.25, 0.3) is 0 Å². The molecule has 0 bridgehead atoms. The van der Waals surface area contributed by atoms with E-state index in [2.05, 4.69) is 5.32 Å². The molecule has 2 N–H and O–H groups in total. The van der Waals surface area contributed by atoms with Crippen molar-refractivity contribution in [2.24, 2.45) is 0 Å². The predicted molar refractivity (Wildman–Crippen MR) is 93.3 cm³/mol. The summed E-state index contributed by atoms with van der Waals surface area (Å²) in [7, 11) is 0. The molecule has 1 fully saturated rings. The van der Waals surface area contributed by atoms with Crippen LogP contribution in [0, 0.1) is 0 Å². The van der Waals surface area contributed by atoms with E-state index in [1.807, 2.05) is 42.2 Å². The molecule has 2 unspecified atom stereocenters. The first kappa shape index (κ1) is 18.0. The lowest BCUT2D eigenvalue weighted by Gasteiger charge is -2.23. The second-order valence-electron chi connectivity index (χ2n) is 6.65. The maximum absolute atomic E-state index is 12.3. The first-order valence-electron chi connectivity index (χ1n) is 8.88. The van der Waals surface area contributed by atoms with Crippen molar-refractivity contribution in [3.63, 3.8) is 0 Å². The molecule has 0 spiro atoms. The lowest BCUT2D eigenvalue weighted by atomic mass is 10.1. The molecular weight excluding hydrogens is 288 g/mol. The molecule has 2 rings (SSSR count). The Balaban J connectivity index is 1.67. The predicted octanol–water partition coefficient (Wildman–Crippen LogP) is 2.36. The number of hydrogen-bond acceptors (Lipinski definition) is 3. The lowest BCUT2D eigenvalue weighted by Crippen LogP contribution is -2.40. The Hall–Kier alpha value is -1.39. The summed E-state index contributed by atoms with van der Waals surface area (Å²) in [6.45, 7) is 4.35. The summed E-state index contributed by atoms with van der Waals surface area (Å²) in [5.74, 6) is 0.240. The van der Waals surface area contributed by atoms with Crippen molar-refractivity contribution in [2.45, 2.75) is 57.6 Å². The Kier molecular flexibility index (Phi) is 7.56. The third kappa shape index (κ3) is 6.71. The second kappa shape index (κ2) is 9.68. The molecule has 0 radical (unpaired) electrons. The molecule has 0 aromatic heterocycles. The number of hydrogen-bond donors (Lipinski definition) is 2. The average Bonchev–Trinajstić information content (AvgIpc) is 2.83. The molecule has 128 valence electrons. The van der Waals surface area contributed by atoms with Gasteiger partial charge in [-0.15, -0.1) is 0 Å². The van der Waals surface area contributed by atoms with Gasteiger partial charge in [0.05, 0.1) is 6.10 Å². The van der Waals surface area contributed by atoms with Crippen LogP contribution in [0.5, 0.6) is 0 Å². The molecule has 1 aliphatic heterocycles. The molecule has 1 aliphatic rings. The van der Waals surface area contributed by atoms with Crippen molar-refractivity contribution < 1.29 is 9.90 Å². The van der Waals surface area contributed by atoms with E-state index in [0.29, 0.717) is 19.4 Å². The zero-order chi connectivity index (χ0) is 16.5. The summed E-state index contributed by atoms with van der Waals surface area (Å²) in [5.41, 5.74) is 1.13. The van der Waals surface area contributed by atoms with Crippen molar-refractivity contribution in [1.82, 2.24) is 10.2 Å². The van der Waals surface area contributed by atoms with Crippen molar-refractivity contribution in [3.8, 4) is 0 Å². The van der Waals surface area contributed by atoms with Crippen LogP contribution in [0.4, 0.5) is 0 Å². The quantitative estimate of drug-likeness (QED) is 0.811. The number of carbonyl (C=O) groups excluding carboxylic acids is 1. The number of carbonyl (C=O) groups is 1. The van der Waals surface area contributed by atoms with E-state index in [9.17, 15) is 9.90 Å². The van der Waals surface area contributed by atoms with Crippen LogP contribution in [0.3, 0.4) is 0 Å². The zero-order valence-corrected chi connectivity index (χ0v) is 14.2. The third-order valence-electron chi connectivity index (χ3n) is 4.46. The molecule has 1 amide bonds. The van der Waals surface area contributed by atoms with Gasteiger partial charge in [-0.25, -0.2) is 0 Å². The van der Waals surface area contributed by atoms with E-state index in [-0.39, 0.29) is 11.9 Å². The largest absolute Gasteiger partial charge is 0.391 e. The number of likely N-dealkylation sites (tertiary alicyclic amines) is 1. The first-order valence-corrected chi connectivity index (χ1v) is 8.88. The molecule has 2 atom stereocenters. The van der Waals surface area contributed by atoms with Gasteiger partial charge < -0.3 is 15.3 Å². The minimum absolute atomic E-state index is 0.0937. The normalized spacial score (nSPS) is 18.3. The van der Waals surface area contributed by atoms with Gasteiger partial charge in [-0.1, -0.05) is 43.2 Å². The summed E-state index contributed by atoms with van der Waals surface area (Å²) in [4.78, 5) is 14.3. The molecule has 1 aromatic carbocycles. The molecule has 1 saturated heterocycles. The highest BCUT2D eigenvalue weighted by atomic mass is 16.3. The highest BCUT2D eigenvalue weighted by molar-refractivity contribution is 5.76. The van der Waals surface area contributed by atoms with Gasteiger partial charge in [0, 0.05) is 32.1 Å². The number of nitrogens with one attached hydrogen (secondary N) is 1. The molecule has 1 aromatic rings. The van der Waals surface area contributed by atoms with Gasteiger partial charge in [0.1, 0.15) is 0 Å². The topological polar surface area (TPSA) is 52.6 Å².